The lowest BCUT2D eigenvalue weighted by molar-refractivity contribution is 0.776. The highest BCUT2D eigenvalue weighted by Gasteiger charge is 2.09. The van der Waals surface area contributed by atoms with Crippen LogP contribution in [0.3, 0.4) is 0 Å². The van der Waals surface area contributed by atoms with Crippen molar-refractivity contribution in [1.82, 2.24) is 9.78 Å². The first-order valence-corrected chi connectivity index (χ1v) is 3.68. The predicted octanol–water partition coefficient (Wildman–Crippen LogP) is 1.54. The highest BCUT2D eigenvalue weighted by Crippen LogP contribution is 2.15. The van der Waals surface area contributed by atoms with E-state index in [1.54, 1.807) is 11.7 Å². The molecule has 0 spiro atoms. The first-order chi connectivity index (χ1) is 5.66. The Hall–Kier alpha value is -1.29. The van der Waals surface area contributed by atoms with Gasteiger partial charge in [-0.3, -0.25) is 10.1 Å². The van der Waals surface area contributed by atoms with E-state index in [9.17, 15) is 0 Å². The van der Waals surface area contributed by atoms with Crippen molar-refractivity contribution in [1.29, 1.82) is 5.41 Å². The van der Waals surface area contributed by atoms with Crippen LogP contribution in [-0.4, -0.2) is 15.0 Å². The molecule has 0 saturated heterocycles. The standard InChI is InChI=1S/C7H9ClN4/c1-3-10-7-5(6(8)9)4-11-12(7)2/h3-4,9-10H,1H2,2H3. The Balaban J connectivity index is 3.11. The molecular weight excluding hydrogens is 176 g/mol. The molecule has 0 fully saturated rings. The number of anilines is 1. The Bertz CT molecular complexity index is 315. The summed E-state index contributed by atoms with van der Waals surface area (Å²) in [5.41, 5.74) is 0.569. The third-order valence-electron chi connectivity index (χ3n) is 1.41. The Kier molecular flexibility index (Phi) is 2.50. The number of hydrogen-bond acceptors (Lipinski definition) is 3. The summed E-state index contributed by atoms with van der Waals surface area (Å²) in [5, 5.41) is 14.0. The van der Waals surface area contributed by atoms with Gasteiger partial charge in [0.25, 0.3) is 0 Å². The van der Waals surface area contributed by atoms with Crippen LogP contribution in [0.15, 0.2) is 19.0 Å². The fourth-order valence-electron chi connectivity index (χ4n) is 0.866. The van der Waals surface area contributed by atoms with Gasteiger partial charge in [-0.2, -0.15) is 5.10 Å². The second-order valence-electron chi connectivity index (χ2n) is 2.19. The van der Waals surface area contributed by atoms with Crippen molar-refractivity contribution in [3.63, 3.8) is 0 Å². The lowest BCUT2D eigenvalue weighted by Gasteiger charge is -2.02. The number of nitrogens with zero attached hydrogens (tertiary/aromatic N) is 2. The molecule has 4 nitrogen and oxygen atoms in total. The van der Waals surface area contributed by atoms with E-state index in [1.807, 2.05) is 0 Å². The van der Waals surface area contributed by atoms with Crippen LogP contribution < -0.4 is 5.32 Å². The normalized spacial score (nSPS) is 9.50. The van der Waals surface area contributed by atoms with Crippen molar-refractivity contribution in [3.8, 4) is 0 Å². The highest BCUT2D eigenvalue weighted by atomic mass is 35.5. The van der Waals surface area contributed by atoms with Gasteiger partial charge in [0.2, 0.25) is 0 Å². The van der Waals surface area contributed by atoms with Gasteiger partial charge in [-0.05, 0) is 6.20 Å². The molecule has 1 rings (SSSR count). The second-order valence-corrected chi connectivity index (χ2v) is 2.57. The average molecular weight is 185 g/mol. The Morgan fingerprint density at radius 3 is 3.08 bits per heavy atom. The molecule has 64 valence electrons. The van der Waals surface area contributed by atoms with Crippen molar-refractivity contribution < 1.29 is 0 Å². The van der Waals surface area contributed by atoms with Crippen LogP contribution in [0.4, 0.5) is 5.82 Å². The molecule has 0 bridgehead atoms. The van der Waals surface area contributed by atoms with Crippen LogP contribution >= 0.6 is 11.6 Å². The maximum Gasteiger partial charge on any atom is 0.138 e. The SMILES string of the molecule is C=CNc1c(C(=N)Cl)cnn1C. The maximum atomic E-state index is 7.21. The summed E-state index contributed by atoms with van der Waals surface area (Å²) in [7, 11) is 1.76. The molecule has 0 aliphatic heterocycles. The lowest BCUT2D eigenvalue weighted by atomic mass is 10.3. The first-order valence-electron chi connectivity index (χ1n) is 3.30. The largest absolute Gasteiger partial charge is 0.347 e. The average Bonchev–Trinajstić information content (AvgIpc) is 2.34. The van der Waals surface area contributed by atoms with Gasteiger partial charge in [0, 0.05) is 7.05 Å². The van der Waals surface area contributed by atoms with Crippen molar-refractivity contribution in [2.45, 2.75) is 0 Å². The van der Waals surface area contributed by atoms with Crippen LogP contribution in [0, 0.1) is 5.41 Å². The number of aryl methyl sites for hydroxylation is 1. The lowest BCUT2D eigenvalue weighted by Crippen LogP contribution is -2.00. The Morgan fingerprint density at radius 2 is 2.58 bits per heavy atom. The van der Waals surface area contributed by atoms with Gasteiger partial charge in [0.1, 0.15) is 11.0 Å². The molecule has 0 saturated carbocycles. The van der Waals surface area contributed by atoms with Gasteiger partial charge in [0.15, 0.2) is 0 Å². The number of hydrogen-bond donors (Lipinski definition) is 2. The van der Waals surface area contributed by atoms with Crippen molar-refractivity contribution in [3.05, 3.63) is 24.5 Å². The van der Waals surface area contributed by atoms with Gasteiger partial charge < -0.3 is 5.32 Å². The topological polar surface area (TPSA) is 53.7 Å². The van der Waals surface area contributed by atoms with Crippen molar-refractivity contribution >= 4 is 22.6 Å². The van der Waals surface area contributed by atoms with E-state index in [-0.39, 0.29) is 5.17 Å². The molecule has 1 heterocycles. The zero-order valence-corrected chi connectivity index (χ0v) is 7.39. The van der Waals surface area contributed by atoms with Crippen LogP contribution in [0.2, 0.25) is 0 Å². The molecule has 0 radical (unpaired) electrons. The molecule has 0 aromatic carbocycles. The van der Waals surface area contributed by atoms with E-state index in [4.69, 9.17) is 17.0 Å². The number of nitrogens with one attached hydrogen (secondary N) is 2. The molecule has 0 unspecified atom stereocenters. The minimum absolute atomic E-state index is 0.0348. The molecule has 5 heteroatoms. The van der Waals surface area contributed by atoms with Crippen LogP contribution in [0.5, 0.6) is 0 Å². The Labute approximate surface area is 75.3 Å². The summed E-state index contributed by atoms with van der Waals surface area (Å²) in [6.07, 6.45) is 3.04. The third-order valence-corrected chi connectivity index (χ3v) is 1.62. The molecule has 1 aromatic heterocycles. The predicted molar refractivity (Wildman–Crippen MR) is 49.7 cm³/mol. The number of rotatable bonds is 3. The van der Waals surface area contributed by atoms with E-state index in [0.29, 0.717) is 11.4 Å². The minimum atomic E-state index is -0.0348. The number of halogens is 1. The van der Waals surface area contributed by atoms with Gasteiger partial charge in [-0.15, -0.1) is 0 Å². The fraction of sp³-hybridized carbons (Fsp3) is 0.143. The molecular formula is C7H9ClN4. The quantitative estimate of drug-likeness (QED) is 0.701. The van der Waals surface area contributed by atoms with E-state index in [2.05, 4.69) is 17.0 Å². The third kappa shape index (κ3) is 1.48. The molecule has 1 aromatic rings. The molecule has 0 aliphatic carbocycles. The maximum absolute atomic E-state index is 7.21. The van der Waals surface area contributed by atoms with Gasteiger partial charge in [0.05, 0.1) is 11.8 Å². The molecule has 2 N–H and O–H groups in total. The monoisotopic (exact) mass is 184 g/mol. The molecule has 0 aliphatic rings. The van der Waals surface area contributed by atoms with E-state index >= 15 is 0 Å². The zero-order chi connectivity index (χ0) is 9.14. The smallest absolute Gasteiger partial charge is 0.138 e. The summed E-state index contributed by atoms with van der Waals surface area (Å²) in [4.78, 5) is 0. The van der Waals surface area contributed by atoms with Gasteiger partial charge >= 0.3 is 0 Å². The molecule has 12 heavy (non-hydrogen) atoms. The summed E-state index contributed by atoms with van der Waals surface area (Å²) in [5.74, 6) is 0.671. The van der Waals surface area contributed by atoms with Gasteiger partial charge in [-0.1, -0.05) is 18.2 Å². The van der Waals surface area contributed by atoms with Crippen molar-refractivity contribution in [2.75, 3.05) is 5.32 Å². The van der Waals surface area contributed by atoms with E-state index in [1.165, 1.54) is 12.4 Å². The van der Waals surface area contributed by atoms with E-state index in [0.717, 1.165) is 0 Å². The molecule has 0 atom stereocenters. The Morgan fingerprint density at radius 1 is 1.92 bits per heavy atom. The van der Waals surface area contributed by atoms with Gasteiger partial charge in [-0.25, -0.2) is 0 Å². The fourth-order valence-corrected chi connectivity index (χ4v) is 1.00. The summed E-state index contributed by atoms with van der Waals surface area (Å²) in [6.45, 7) is 3.51. The zero-order valence-electron chi connectivity index (χ0n) is 6.63. The molecule has 0 amide bonds. The van der Waals surface area contributed by atoms with Crippen LogP contribution in [-0.2, 0) is 7.05 Å². The highest BCUT2D eigenvalue weighted by molar-refractivity contribution is 6.69. The number of aromatic nitrogens is 2. The van der Waals surface area contributed by atoms with Crippen LogP contribution in [0.25, 0.3) is 0 Å². The summed E-state index contributed by atoms with van der Waals surface area (Å²) < 4.78 is 1.59. The van der Waals surface area contributed by atoms with Crippen molar-refractivity contribution in [2.24, 2.45) is 7.05 Å². The van der Waals surface area contributed by atoms with Crippen LogP contribution in [0.1, 0.15) is 5.56 Å². The first kappa shape index (κ1) is 8.80. The second kappa shape index (κ2) is 3.40. The summed E-state index contributed by atoms with van der Waals surface area (Å²) in [6, 6.07) is 0. The van der Waals surface area contributed by atoms with E-state index < -0.39 is 0 Å². The summed E-state index contributed by atoms with van der Waals surface area (Å²) >= 11 is 5.51. The minimum Gasteiger partial charge on any atom is -0.347 e.